The fourth-order valence-electron chi connectivity index (χ4n) is 3.82. The number of benzene rings is 1. The van der Waals surface area contributed by atoms with Gasteiger partial charge in [-0.2, -0.15) is 0 Å². The molecule has 4 nitrogen and oxygen atoms in total. The molecule has 2 heterocycles. The number of piperazine rings is 1. The molecule has 2 atom stereocenters. The van der Waals surface area contributed by atoms with Gasteiger partial charge >= 0.3 is 0 Å². The second kappa shape index (κ2) is 9.98. The van der Waals surface area contributed by atoms with Crippen LogP contribution in [0.15, 0.2) is 24.3 Å². The average molecular weight is 388 g/mol. The summed E-state index contributed by atoms with van der Waals surface area (Å²) in [7, 11) is 0. The number of halogens is 2. The molecule has 1 aromatic rings. The van der Waals surface area contributed by atoms with Crippen molar-refractivity contribution in [1.29, 1.82) is 0 Å². The predicted octanol–water partition coefficient (Wildman–Crippen LogP) is 2.84. The summed E-state index contributed by atoms with van der Waals surface area (Å²) in [6.07, 6.45) is 5.29. The first-order valence-electron chi connectivity index (χ1n) is 9.27. The lowest BCUT2D eigenvalue weighted by molar-refractivity contribution is 0.0649. The van der Waals surface area contributed by atoms with Crippen molar-refractivity contribution in [2.45, 2.75) is 44.3 Å². The van der Waals surface area contributed by atoms with E-state index in [1.165, 1.54) is 50.9 Å². The van der Waals surface area contributed by atoms with Gasteiger partial charge in [-0.3, -0.25) is 4.90 Å². The fourth-order valence-corrected chi connectivity index (χ4v) is 3.82. The minimum Gasteiger partial charge on any atom is -0.493 e. The van der Waals surface area contributed by atoms with Crippen molar-refractivity contribution in [2.75, 3.05) is 32.8 Å². The van der Waals surface area contributed by atoms with Crippen LogP contribution in [-0.4, -0.2) is 49.8 Å². The second-order valence-electron chi connectivity index (χ2n) is 7.41. The van der Waals surface area contributed by atoms with Crippen molar-refractivity contribution in [3.8, 4) is 5.75 Å². The Bertz CT molecular complexity index is 527. The summed E-state index contributed by atoms with van der Waals surface area (Å²) in [5.74, 6) is 1.71. The summed E-state index contributed by atoms with van der Waals surface area (Å²) >= 11 is 0. The van der Waals surface area contributed by atoms with Crippen molar-refractivity contribution in [3.05, 3.63) is 29.8 Å². The first-order chi connectivity index (χ1) is 11.4. The molecule has 0 radical (unpaired) electrons. The molecule has 2 N–H and O–H groups in total. The number of nitrogens with zero attached hydrogens (tertiary/aromatic N) is 1. The quantitative estimate of drug-likeness (QED) is 0.786. The Morgan fingerprint density at radius 2 is 2.04 bits per heavy atom. The minimum atomic E-state index is 0. The summed E-state index contributed by atoms with van der Waals surface area (Å²) in [5.41, 5.74) is 1.33. The molecular weight excluding hydrogens is 357 g/mol. The molecule has 1 saturated carbocycles. The van der Waals surface area contributed by atoms with Crippen molar-refractivity contribution < 1.29 is 4.74 Å². The van der Waals surface area contributed by atoms with Crippen LogP contribution in [-0.2, 0) is 6.54 Å². The Morgan fingerprint density at radius 1 is 1.16 bits per heavy atom. The van der Waals surface area contributed by atoms with Crippen LogP contribution in [0.2, 0.25) is 0 Å². The molecule has 0 aromatic heterocycles. The van der Waals surface area contributed by atoms with Gasteiger partial charge in [-0.15, -0.1) is 24.8 Å². The highest BCUT2D eigenvalue weighted by Gasteiger charge is 2.30. The van der Waals surface area contributed by atoms with Crippen LogP contribution >= 0.6 is 24.8 Å². The lowest BCUT2D eigenvalue weighted by atomic mass is 9.92. The average Bonchev–Trinajstić information content (AvgIpc) is 3.43. The monoisotopic (exact) mass is 387 g/mol. The van der Waals surface area contributed by atoms with Crippen LogP contribution in [0.4, 0.5) is 0 Å². The largest absolute Gasteiger partial charge is 0.493 e. The summed E-state index contributed by atoms with van der Waals surface area (Å²) in [6, 6.07) is 10.1. The zero-order valence-electron chi connectivity index (χ0n) is 14.8. The Kier molecular flexibility index (Phi) is 8.30. The highest BCUT2D eigenvalue weighted by atomic mass is 35.5. The molecule has 142 valence electrons. The number of rotatable bonds is 6. The number of piperidine rings is 1. The van der Waals surface area contributed by atoms with Gasteiger partial charge in [0.1, 0.15) is 5.75 Å². The minimum absolute atomic E-state index is 0. The van der Waals surface area contributed by atoms with Gasteiger partial charge in [0.05, 0.1) is 6.61 Å². The van der Waals surface area contributed by atoms with Gasteiger partial charge in [0, 0.05) is 50.7 Å². The van der Waals surface area contributed by atoms with Gasteiger partial charge in [0.25, 0.3) is 0 Å². The third-order valence-corrected chi connectivity index (χ3v) is 5.43. The first kappa shape index (κ1) is 20.8. The smallest absolute Gasteiger partial charge is 0.119 e. The third kappa shape index (κ3) is 6.00. The van der Waals surface area contributed by atoms with Gasteiger partial charge in [0.2, 0.25) is 0 Å². The van der Waals surface area contributed by atoms with Crippen LogP contribution in [0.3, 0.4) is 0 Å². The van der Waals surface area contributed by atoms with Crippen molar-refractivity contribution in [3.63, 3.8) is 0 Å². The maximum atomic E-state index is 6.12. The summed E-state index contributed by atoms with van der Waals surface area (Å²) < 4.78 is 6.12. The van der Waals surface area contributed by atoms with E-state index in [-0.39, 0.29) is 24.8 Å². The Morgan fingerprint density at radius 3 is 2.88 bits per heavy atom. The van der Waals surface area contributed by atoms with Crippen LogP contribution in [0.5, 0.6) is 5.75 Å². The van der Waals surface area contributed by atoms with Crippen LogP contribution in [0.1, 0.15) is 31.2 Å². The molecule has 0 spiro atoms. The van der Waals surface area contributed by atoms with E-state index in [1.807, 2.05) is 0 Å². The molecular formula is C19H31Cl2N3O. The summed E-state index contributed by atoms with van der Waals surface area (Å²) in [4.78, 5) is 2.66. The van der Waals surface area contributed by atoms with E-state index >= 15 is 0 Å². The maximum absolute atomic E-state index is 6.12. The molecule has 2 unspecified atom stereocenters. The molecule has 4 rings (SSSR count). The molecule has 2 saturated heterocycles. The van der Waals surface area contributed by atoms with Gasteiger partial charge in [-0.1, -0.05) is 12.1 Å². The van der Waals surface area contributed by atoms with E-state index in [0.29, 0.717) is 5.92 Å². The van der Waals surface area contributed by atoms with Crippen LogP contribution in [0, 0.1) is 5.92 Å². The number of fused-ring (bicyclic) bond motifs is 1. The van der Waals surface area contributed by atoms with Gasteiger partial charge in [-0.05, 0) is 43.4 Å². The second-order valence-corrected chi connectivity index (χ2v) is 7.41. The summed E-state index contributed by atoms with van der Waals surface area (Å²) in [6.45, 7) is 6.53. The predicted molar refractivity (Wildman–Crippen MR) is 107 cm³/mol. The van der Waals surface area contributed by atoms with Gasteiger partial charge < -0.3 is 15.4 Å². The van der Waals surface area contributed by atoms with E-state index in [2.05, 4.69) is 39.8 Å². The highest BCUT2D eigenvalue weighted by Crippen LogP contribution is 2.24. The summed E-state index contributed by atoms with van der Waals surface area (Å²) in [5, 5.41) is 7.08. The van der Waals surface area contributed by atoms with Crippen molar-refractivity contribution in [1.82, 2.24) is 15.5 Å². The molecule has 2 aliphatic heterocycles. The van der Waals surface area contributed by atoms with Crippen LogP contribution in [0.25, 0.3) is 0 Å². The first-order valence-corrected chi connectivity index (χ1v) is 9.27. The normalized spacial score (nSPS) is 26.1. The van der Waals surface area contributed by atoms with E-state index in [1.54, 1.807) is 0 Å². The molecule has 3 fully saturated rings. The molecule has 25 heavy (non-hydrogen) atoms. The Balaban J connectivity index is 0.00000113. The molecule has 1 aromatic carbocycles. The fraction of sp³-hybridized carbons (Fsp3) is 0.684. The number of ether oxygens (including phenoxy) is 1. The van der Waals surface area contributed by atoms with Crippen LogP contribution < -0.4 is 15.4 Å². The molecule has 3 aliphatic rings. The molecule has 0 bridgehead atoms. The SMILES string of the molecule is Cl.Cl.c1cc(CNC2CC2)cc(OCC2CCC3CNCCN3C2)c1. The third-order valence-electron chi connectivity index (χ3n) is 5.43. The maximum Gasteiger partial charge on any atom is 0.119 e. The van der Waals surface area contributed by atoms with E-state index in [4.69, 9.17) is 4.74 Å². The van der Waals surface area contributed by atoms with E-state index in [0.717, 1.165) is 37.5 Å². The standard InChI is InChI=1S/C19H29N3O.2ClH/c1-2-15(11-21-17-5-6-17)10-19(3-1)23-14-16-4-7-18-12-20-8-9-22(18)13-16;;/h1-3,10,16-18,20-21H,4-9,11-14H2;2*1H. The molecule has 1 aliphatic carbocycles. The van der Waals surface area contributed by atoms with Crippen molar-refractivity contribution >= 4 is 24.8 Å². The Hall–Kier alpha value is -0.520. The molecule has 6 heteroatoms. The number of hydrogen-bond acceptors (Lipinski definition) is 4. The lowest BCUT2D eigenvalue weighted by Gasteiger charge is -2.42. The van der Waals surface area contributed by atoms with E-state index < -0.39 is 0 Å². The van der Waals surface area contributed by atoms with E-state index in [9.17, 15) is 0 Å². The topological polar surface area (TPSA) is 36.5 Å². The Labute approximate surface area is 163 Å². The zero-order chi connectivity index (χ0) is 15.5. The number of hydrogen-bond donors (Lipinski definition) is 2. The van der Waals surface area contributed by atoms with Crippen molar-refractivity contribution in [2.24, 2.45) is 5.92 Å². The van der Waals surface area contributed by atoms with Gasteiger partial charge in [-0.25, -0.2) is 0 Å². The number of nitrogens with one attached hydrogen (secondary N) is 2. The molecule has 0 amide bonds. The zero-order valence-corrected chi connectivity index (χ0v) is 16.4. The highest BCUT2D eigenvalue weighted by molar-refractivity contribution is 5.85. The lowest BCUT2D eigenvalue weighted by Crippen LogP contribution is -2.55. The van der Waals surface area contributed by atoms with Gasteiger partial charge in [0.15, 0.2) is 0 Å².